The van der Waals surface area contributed by atoms with Gasteiger partial charge in [0.25, 0.3) is 0 Å². The van der Waals surface area contributed by atoms with Crippen LogP contribution in [0.4, 0.5) is 0 Å². The van der Waals surface area contributed by atoms with Gasteiger partial charge in [0.1, 0.15) is 5.39 Å². The number of benzene rings is 2. The van der Waals surface area contributed by atoms with Crippen LogP contribution in [0.15, 0.2) is 66.9 Å². The molecule has 26 heavy (non-hydrogen) atoms. The van der Waals surface area contributed by atoms with E-state index in [0.29, 0.717) is 18.3 Å². The third-order valence-corrected chi connectivity index (χ3v) is 4.16. The van der Waals surface area contributed by atoms with Crippen LogP contribution in [0, 0.1) is 0 Å². The minimum atomic E-state index is 0.587. The predicted molar refractivity (Wildman–Crippen MR) is 102 cm³/mol. The first-order valence-corrected chi connectivity index (χ1v) is 8.86. The van der Waals surface area contributed by atoms with Gasteiger partial charge in [0.05, 0.1) is 18.5 Å². The quantitative estimate of drug-likeness (QED) is 0.477. The van der Waals surface area contributed by atoms with E-state index in [1.807, 2.05) is 65.3 Å². The van der Waals surface area contributed by atoms with E-state index >= 15 is 0 Å². The van der Waals surface area contributed by atoms with Gasteiger partial charge < -0.3 is 4.74 Å². The lowest BCUT2D eigenvalue weighted by Crippen LogP contribution is -2.03. The van der Waals surface area contributed by atoms with Crippen molar-refractivity contribution < 1.29 is 4.74 Å². The summed E-state index contributed by atoms with van der Waals surface area (Å²) in [5, 5.41) is 5.35. The van der Waals surface area contributed by atoms with E-state index in [9.17, 15) is 0 Å². The zero-order valence-electron chi connectivity index (χ0n) is 14.7. The number of unbranched alkanes of at least 4 members (excludes halogenated alkanes) is 1. The van der Waals surface area contributed by atoms with Gasteiger partial charge in [-0.2, -0.15) is 10.1 Å². The average Bonchev–Trinajstić information content (AvgIpc) is 3.14. The van der Waals surface area contributed by atoms with Crippen molar-refractivity contribution in [2.75, 3.05) is 6.61 Å². The lowest BCUT2D eigenvalue weighted by Gasteiger charge is -2.09. The summed E-state index contributed by atoms with van der Waals surface area (Å²) in [6.07, 6.45) is 3.83. The standard InChI is InChI=1S/C21H20N4O/c1-2-3-14-26-21-18-15-22-25(17-12-8-5-9-13-17)20(18)23-19(24-21)16-10-6-4-7-11-16/h4-13,15H,2-3,14H2,1H3. The fourth-order valence-electron chi connectivity index (χ4n) is 2.78. The van der Waals surface area contributed by atoms with Gasteiger partial charge in [0.2, 0.25) is 5.88 Å². The maximum atomic E-state index is 5.97. The Morgan fingerprint density at radius 2 is 1.65 bits per heavy atom. The summed E-state index contributed by atoms with van der Waals surface area (Å²) >= 11 is 0. The van der Waals surface area contributed by atoms with Gasteiger partial charge in [0.15, 0.2) is 11.5 Å². The summed E-state index contributed by atoms with van der Waals surface area (Å²) in [5.74, 6) is 1.23. The Labute approximate surface area is 152 Å². The number of nitrogens with zero attached hydrogens (tertiary/aromatic N) is 4. The van der Waals surface area contributed by atoms with Gasteiger partial charge in [0, 0.05) is 5.56 Å². The molecular formula is C21H20N4O. The number of rotatable bonds is 6. The Balaban J connectivity index is 1.87. The highest BCUT2D eigenvalue weighted by Crippen LogP contribution is 2.28. The molecule has 0 fully saturated rings. The van der Waals surface area contributed by atoms with Crippen LogP contribution in [0.3, 0.4) is 0 Å². The van der Waals surface area contributed by atoms with Crippen LogP contribution in [0.1, 0.15) is 19.8 Å². The van der Waals surface area contributed by atoms with Crippen molar-refractivity contribution in [1.29, 1.82) is 0 Å². The molecule has 0 amide bonds. The second-order valence-corrected chi connectivity index (χ2v) is 6.05. The number of fused-ring (bicyclic) bond motifs is 1. The van der Waals surface area contributed by atoms with Gasteiger partial charge in [-0.15, -0.1) is 0 Å². The highest BCUT2D eigenvalue weighted by Gasteiger charge is 2.16. The van der Waals surface area contributed by atoms with Crippen LogP contribution in [0.2, 0.25) is 0 Å². The zero-order chi connectivity index (χ0) is 17.8. The van der Waals surface area contributed by atoms with Crippen molar-refractivity contribution in [1.82, 2.24) is 19.7 Å². The first kappa shape index (κ1) is 16.3. The van der Waals surface area contributed by atoms with Crippen molar-refractivity contribution in [2.45, 2.75) is 19.8 Å². The van der Waals surface area contributed by atoms with E-state index in [0.717, 1.165) is 35.1 Å². The Hall–Kier alpha value is -3.21. The molecule has 0 spiro atoms. The SMILES string of the molecule is CCCCOc1nc(-c2ccccc2)nc2c1cnn2-c1ccccc1. The number of ether oxygens (including phenoxy) is 1. The highest BCUT2D eigenvalue weighted by atomic mass is 16.5. The molecule has 2 aromatic carbocycles. The molecule has 0 bridgehead atoms. The summed E-state index contributed by atoms with van der Waals surface area (Å²) in [4.78, 5) is 9.44. The highest BCUT2D eigenvalue weighted by molar-refractivity contribution is 5.83. The number of aromatic nitrogens is 4. The summed E-state index contributed by atoms with van der Waals surface area (Å²) in [5.41, 5.74) is 2.66. The zero-order valence-corrected chi connectivity index (χ0v) is 14.7. The summed E-state index contributed by atoms with van der Waals surface area (Å²) in [6, 6.07) is 19.9. The van der Waals surface area contributed by atoms with Crippen LogP contribution in [0.5, 0.6) is 5.88 Å². The van der Waals surface area contributed by atoms with Crippen LogP contribution in [-0.4, -0.2) is 26.4 Å². The number of para-hydroxylation sites is 1. The fraction of sp³-hybridized carbons (Fsp3) is 0.190. The molecular weight excluding hydrogens is 324 g/mol. The van der Waals surface area contributed by atoms with E-state index < -0.39 is 0 Å². The maximum absolute atomic E-state index is 5.97. The molecule has 4 aromatic rings. The largest absolute Gasteiger partial charge is 0.477 e. The molecule has 0 radical (unpaired) electrons. The molecule has 0 saturated carbocycles. The first-order valence-electron chi connectivity index (χ1n) is 8.86. The predicted octanol–water partition coefficient (Wildman–Crippen LogP) is 4.66. The monoisotopic (exact) mass is 344 g/mol. The van der Waals surface area contributed by atoms with Crippen molar-refractivity contribution in [3.8, 4) is 23.0 Å². The van der Waals surface area contributed by atoms with Crippen molar-refractivity contribution in [3.63, 3.8) is 0 Å². The van der Waals surface area contributed by atoms with Crippen molar-refractivity contribution >= 4 is 11.0 Å². The summed E-state index contributed by atoms with van der Waals surface area (Å²) < 4.78 is 7.80. The molecule has 0 saturated heterocycles. The third kappa shape index (κ3) is 3.16. The Morgan fingerprint density at radius 1 is 0.923 bits per heavy atom. The van der Waals surface area contributed by atoms with E-state index in [1.54, 1.807) is 6.20 Å². The second-order valence-electron chi connectivity index (χ2n) is 6.05. The van der Waals surface area contributed by atoms with Crippen LogP contribution in [-0.2, 0) is 0 Å². The van der Waals surface area contributed by atoms with Crippen LogP contribution < -0.4 is 4.74 Å². The third-order valence-electron chi connectivity index (χ3n) is 4.16. The molecule has 4 rings (SSSR count). The van der Waals surface area contributed by atoms with Crippen LogP contribution in [0.25, 0.3) is 28.1 Å². The molecule has 5 heteroatoms. The van der Waals surface area contributed by atoms with E-state index in [-0.39, 0.29) is 0 Å². The molecule has 5 nitrogen and oxygen atoms in total. The van der Waals surface area contributed by atoms with Crippen molar-refractivity contribution in [2.24, 2.45) is 0 Å². The molecule has 0 N–H and O–H groups in total. The average molecular weight is 344 g/mol. The number of hydrogen-bond donors (Lipinski definition) is 0. The van der Waals surface area contributed by atoms with E-state index in [2.05, 4.69) is 17.0 Å². The maximum Gasteiger partial charge on any atom is 0.228 e. The van der Waals surface area contributed by atoms with E-state index in [4.69, 9.17) is 9.72 Å². The van der Waals surface area contributed by atoms with Gasteiger partial charge in [-0.25, -0.2) is 9.67 Å². The first-order chi connectivity index (χ1) is 12.9. The number of hydrogen-bond acceptors (Lipinski definition) is 4. The van der Waals surface area contributed by atoms with Crippen LogP contribution >= 0.6 is 0 Å². The molecule has 2 heterocycles. The molecule has 0 aliphatic carbocycles. The molecule has 0 atom stereocenters. The normalized spacial score (nSPS) is 11.0. The molecule has 130 valence electrons. The lowest BCUT2D eigenvalue weighted by atomic mass is 10.2. The van der Waals surface area contributed by atoms with Crippen molar-refractivity contribution in [3.05, 3.63) is 66.9 Å². The Morgan fingerprint density at radius 3 is 2.38 bits per heavy atom. The second kappa shape index (κ2) is 7.35. The van der Waals surface area contributed by atoms with Gasteiger partial charge in [-0.05, 0) is 18.6 Å². The Bertz CT molecular complexity index is 997. The Kier molecular flexibility index (Phi) is 4.60. The summed E-state index contributed by atoms with van der Waals surface area (Å²) in [7, 11) is 0. The fourth-order valence-corrected chi connectivity index (χ4v) is 2.78. The molecule has 0 aliphatic heterocycles. The minimum absolute atomic E-state index is 0.587. The molecule has 0 aliphatic rings. The molecule has 2 aromatic heterocycles. The van der Waals surface area contributed by atoms with Gasteiger partial charge in [-0.3, -0.25) is 0 Å². The lowest BCUT2D eigenvalue weighted by molar-refractivity contribution is 0.301. The smallest absolute Gasteiger partial charge is 0.228 e. The van der Waals surface area contributed by atoms with Gasteiger partial charge in [-0.1, -0.05) is 61.9 Å². The molecule has 0 unspecified atom stereocenters. The minimum Gasteiger partial charge on any atom is -0.477 e. The topological polar surface area (TPSA) is 52.8 Å². The van der Waals surface area contributed by atoms with Gasteiger partial charge >= 0.3 is 0 Å². The van der Waals surface area contributed by atoms with E-state index in [1.165, 1.54) is 0 Å². The summed E-state index contributed by atoms with van der Waals surface area (Å²) in [6.45, 7) is 2.77.